The number of piperidine rings is 2. The molecule has 0 aromatic rings. The summed E-state index contributed by atoms with van der Waals surface area (Å²) in [6, 6.07) is 0.0421. The van der Waals surface area contributed by atoms with E-state index in [0.717, 1.165) is 45.6 Å². The van der Waals surface area contributed by atoms with Gasteiger partial charge in [0.2, 0.25) is 5.91 Å². The Morgan fingerprint density at radius 1 is 1.16 bits per heavy atom. The Bertz CT molecular complexity index is 305. The molecule has 0 spiro atoms. The first kappa shape index (κ1) is 14.8. The summed E-state index contributed by atoms with van der Waals surface area (Å²) in [5.41, 5.74) is 6.12. The normalized spacial score (nSPS) is 26.2. The number of likely N-dealkylation sites (tertiary alicyclic amines) is 2. The van der Waals surface area contributed by atoms with Gasteiger partial charge in [0.1, 0.15) is 0 Å². The molecule has 1 unspecified atom stereocenters. The van der Waals surface area contributed by atoms with E-state index in [1.54, 1.807) is 0 Å². The summed E-state index contributed by atoms with van der Waals surface area (Å²) in [4.78, 5) is 16.9. The number of rotatable bonds is 3. The largest absolute Gasteiger partial charge is 0.341 e. The lowest BCUT2D eigenvalue weighted by Crippen LogP contribution is -2.52. The van der Waals surface area contributed by atoms with Gasteiger partial charge in [-0.1, -0.05) is 6.92 Å². The van der Waals surface area contributed by atoms with Crippen molar-refractivity contribution in [3.63, 3.8) is 0 Å². The van der Waals surface area contributed by atoms with Crippen LogP contribution in [-0.4, -0.2) is 54.5 Å². The minimum absolute atomic E-state index is 0.0421. The minimum atomic E-state index is 0.0421. The molecule has 2 N–H and O–H groups in total. The molecule has 0 aliphatic carbocycles. The Labute approximate surface area is 117 Å². The second-order valence-corrected chi connectivity index (χ2v) is 6.61. The van der Waals surface area contributed by atoms with Crippen molar-refractivity contribution in [2.75, 3.05) is 32.7 Å². The first-order valence-corrected chi connectivity index (χ1v) is 7.79. The smallest absolute Gasteiger partial charge is 0.239 e. The highest BCUT2D eigenvalue weighted by atomic mass is 16.2. The van der Waals surface area contributed by atoms with Gasteiger partial charge in [-0.05, 0) is 64.1 Å². The summed E-state index contributed by atoms with van der Waals surface area (Å²) >= 11 is 0. The van der Waals surface area contributed by atoms with Crippen molar-refractivity contribution < 1.29 is 4.79 Å². The first-order valence-electron chi connectivity index (χ1n) is 7.79. The van der Waals surface area contributed by atoms with Crippen LogP contribution >= 0.6 is 0 Å². The van der Waals surface area contributed by atoms with Crippen LogP contribution in [0.2, 0.25) is 0 Å². The summed E-state index contributed by atoms with van der Waals surface area (Å²) in [7, 11) is 0. The molecule has 2 aliphatic rings. The van der Waals surface area contributed by atoms with Gasteiger partial charge in [0.05, 0.1) is 6.04 Å². The van der Waals surface area contributed by atoms with Gasteiger partial charge in [-0.2, -0.15) is 0 Å². The molecule has 2 rings (SSSR count). The van der Waals surface area contributed by atoms with Crippen LogP contribution in [-0.2, 0) is 4.79 Å². The third kappa shape index (κ3) is 3.48. The zero-order valence-corrected chi connectivity index (χ0v) is 12.5. The van der Waals surface area contributed by atoms with Crippen molar-refractivity contribution in [1.29, 1.82) is 0 Å². The average molecular weight is 267 g/mol. The van der Waals surface area contributed by atoms with Crippen LogP contribution in [0, 0.1) is 5.41 Å². The molecule has 0 aromatic carbocycles. The number of amides is 1. The fourth-order valence-corrected chi connectivity index (χ4v) is 3.19. The Kier molecular flexibility index (Phi) is 4.85. The predicted molar refractivity (Wildman–Crippen MR) is 77.9 cm³/mol. The Morgan fingerprint density at radius 3 is 2.26 bits per heavy atom. The molecule has 1 amide bonds. The molecule has 2 saturated heterocycles. The van der Waals surface area contributed by atoms with Gasteiger partial charge in [-0.25, -0.2) is 0 Å². The van der Waals surface area contributed by atoms with E-state index in [9.17, 15) is 4.79 Å². The van der Waals surface area contributed by atoms with Gasteiger partial charge in [0, 0.05) is 13.1 Å². The van der Waals surface area contributed by atoms with Gasteiger partial charge in [-0.15, -0.1) is 0 Å². The Balaban J connectivity index is 1.86. The van der Waals surface area contributed by atoms with Crippen molar-refractivity contribution in [3.8, 4) is 0 Å². The highest BCUT2D eigenvalue weighted by Gasteiger charge is 2.33. The van der Waals surface area contributed by atoms with Crippen LogP contribution in [0.5, 0.6) is 0 Å². The van der Waals surface area contributed by atoms with Crippen molar-refractivity contribution in [3.05, 3.63) is 0 Å². The fraction of sp³-hybridized carbons (Fsp3) is 0.933. The molecule has 2 fully saturated rings. The maximum Gasteiger partial charge on any atom is 0.239 e. The lowest BCUT2D eigenvalue weighted by Gasteiger charge is -2.42. The molecule has 4 nitrogen and oxygen atoms in total. The maximum atomic E-state index is 12.5. The molecule has 1 atom stereocenters. The van der Waals surface area contributed by atoms with E-state index in [0.29, 0.717) is 5.91 Å². The van der Waals surface area contributed by atoms with Crippen molar-refractivity contribution in [1.82, 2.24) is 9.80 Å². The lowest BCUT2D eigenvalue weighted by atomic mass is 9.80. The van der Waals surface area contributed by atoms with Gasteiger partial charge in [0.25, 0.3) is 0 Å². The van der Waals surface area contributed by atoms with Crippen LogP contribution in [0.15, 0.2) is 0 Å². The monoisotopic (exact) mass is 267 g/mol. The number of hydrogen-bond donors (Lipinski definition) is 1. The summed E-state index contributed by atoms with van der Waals surface area (Å²) < 4.78 is 0. The average Bonchev–Trinajstić information content (AvgIpc) is 2.47. The summed E-state index contributed by atoms with van der Waals surface area (Å²) in [5, 5.41) is 0. The zero-order valence-electron chi connectivity index (χ0n) is 12.5. The highest BCUT2D eigenvalue weighted by molar-refractivity contribution is 5.81. The van der Waals surface area contributed by atoms with Gasteiger partial charge >= 0.3 is 0 Å². The number of carbonyl (C=O) groups is 1. The molecule has 4 heteroatoms. The van der Waals surface area contributed by atoms with E-state index in [2.05, 4.69) is 23.6 Å². The molecular formula is C15H29N3O. The van der Waals surface area contributed by atoms with E-state index in [1.165, 1.54) is 19.3 Å². The second kappa shape index (κ2) is 6.23. The number of hydrogen-bond acceptors (Lipinski definition) is 3. The summed E-state index contributed by atoms with van der Waals surface area (Å²) in [5.74, 6) is 0.330. The number of nitrogens with zero attached hydrogens (tertiary/aromatic N) is 2. The van der Waals surface area contributed by atoms with E-state index < -0.39 is 0 Å². The third-order valence-electron chi connectivity index (χ3n) is 5.07. The molecular weight excluding hydrogens is 238 g/mol. The van der Waals surface area contributed by atoms with Crippen LogP contribution < -0.4 is 5.73 Å². The Morgan fingerprint density at radius 2 is 1.74 bits per heavy atom. The molecule has 0 aromatic heterocycles. The molecule has 0 radical (unpaired) electrons. The fourth-order valence-electron chi connectivity index (χ4n) is 3.19. The Hall–Kier alpha value is -0.610. The molecule has 2 heterocycles. The first-order chi connectivity index (χ1) is 9.06. The van der Waals surface area contributed by atoms with Crippen LogP contribution in [0.4, 0.5) is 0 Å². The van der Waals surface area contributed by atoms with E-state index >= 15 is 0 Å². The van der Waals surface area contributed by atoms with E-state index in [4.69, 9.17) is 5.73 Å². The highest BCUT2D eigenvalue weighted by Crippen LogP contribution is 2.30. The van der Waals surface area contributed by atoms with Crippen molar-refractivity contribution in [2.24, 2.45) is 11.1 Å². The van der Waals surface area contributed by atoms with Crippen molar-refractivity contribution in [2.45, 2.75) is 52.0 Å². The van der Waals surface area contributed by atoms with E-state index in [-0.39, 0.29) is 11.5 Å². The second-order valence-electron chi connectivity index (χ2n) is 6.61. The van der Waals surface area contributed by atoms with E-state index in [1.807, 2.05) is 0 Å². The van der Waals surface area contributed by atoms with Crippen LogP contribution in [0.1, 0.15) is 46.0 Å². The van der Waals surface area contributed by atoms with Crippen molar-refractivity contribution >= 4 is 5.91 Å². The van der Waals surface area contributed by atoms with Gasteiger partial charge in [-0.3, -0.25) is 9.69 Å². The topological polar surface area (TPSA) is 49.6 Å². The number of carbonyl (C=O) groups excluding carboxylic acids is 1. The summed E-state index contributed by atoms with van der Waals surface area (Å²) in [6.07, 6.45) is 5.84. The van der Waals surface area contributed by atoms with Crippen LogP contribution in [0.3, 0.4) is 0 Å². The third-order valence-corrected chi connectivity index (χ3v) is 5.07. The predicted octanol–water partition coefficient (Wildman–Crippen LogP) is 1.45. The lowest BCUT2D eigenvalue weighted by molar-refractivity contribution is -0.138. The van der Waals surface area contributed by atoms with Crippen LogP contribution in [0.25, 0.3) is 0 Å². The molecule has 0 saturated carbocycles. The molecule has 110 valence electrons. The minimum Gasteiger partial charge on any atom is -0.341 e. The van der Waals surface area contributed by atoms with Gasteiger partial charge < -0.3 is 10.6 Å². The SMILES string of the molecule is CC(C(=O)N1CCCCC1)N1CCC(C)(CN)CC1. The van der Waals surface area contributed by atoms with Gasteiger partial charge in [0.15, 0.2) is 0 Å². The zero-order chi connectivity index (χ0) is 13.9. The quantitative estimate of drug-likeness (QED) is 0.842. The number of nitrogens with two attached hydrogens (primary N) is 1. The standard InChI is InChI=1S/C15H29N3O/c1-13(14(19)18-8-4-3-5-9-18)17-10-6-15(2,12-16)7-11-17/h13H,3-12,16H2,1-2H3. The summed E-state index contributed by atoms with van der Waals surface area (Å²) in [6.45, 7) is 9.02. The molecule has 2 aliphatic heterocycles. The maximum absolute atomic E-state index is 12.5. The molecule has 19 heavy (non-hydrogen) atoms. The molecule has 0 bridgehead atoms.